The van der Waals surface area contributed by atoms with Gasteiger partial charge in [-0.2, -0.15) is 4.98 Å². The van der Waals surface area contributed by atoms with E-state index in [4.69, 9.17) is 4.74 Å². The van der Waals surface area contributed by atoms with E-state index in [1.54, 1.807) is 4.40 Å². The van der Waals surface area contributed by atoms with Crippen LogP contribution in [-0.4, -0.2) is 31.9 Å². The van der Waals surface area contributed by atoms with Gasteiger partial charge in [-0.1, -0.05) is 6.07 Å². The van der Waals surface area contributed by atoms with Crippen molar-refractivity contribution in [3.63, 3.8) is 0 Å². The van der Waals surface area contributed by atoms with E-state index in [1.165, 1.54) is 15.8 Å². The standard InChI is InChI=1S/C19H23N5O2/c1-12-7-13(2)9-15(8-12)20-17-10-14(3)24-18(21-17)22-23(19(24)25)11-16-5-4-6-26-16/h7-10,16H,4-6,11H2,1-3H3,(H,20,21,22)/t16-/m1/s1. The number of hydrogen-bond donors (Lipinski definition) is 1. The molecule has 136 valence electrons. The first-order valence-corrected chi connectivity index (χ1v) is 8.94. The zero-order chi connectivity index (χ0) is 18.3. The lowest BCUT2D eigenvalue weighted by Gasteiger charge is -2.09. The highest BCUT2D eigenvalue weighted by molar-refractivity contribution is 5.60. The number of nitrogens with zero attached hydrogens (tertiary/aromatic N) is 4. The minimum Gasteiger partial charge on any atom is -0.376 e. The van der Waals surface area contributed by atoms with Crippen LogP contribution in [0.25, 0.3) is 5.78 Å². The van der Waals surface area contributed by atoms with Gasteiger partial charge in [0.05, 0.1) is 12.6 Å². The number of aryl methyl sites for hydroxylation is 3. The zero-order valence-corrected chi connectivity index (χ0v) is 15.3. The van der Waals surface area contributed by atoms with Crippen LogP contribution in [0.5, 0.6) is 0 Å². The summed E-state index contributed by atoms with van der Waals surface area (Å²) in [5.74, 6) is 1.08. The Morgan fingerprint density at radius 3 is 2.65 bits per heavy atom. The zero-order valence-electron chi connectivity index (χ0n) is 15.3. The minimum absolute atomic E-state index is 0.0609. The quantitative estimate of drug-likeness (QED) is 0.781. The summed E-state index contributed by atoms with van der Waals surface area (Å²) in [5, 5.41) is 7.73. The van der Waals surface area contributed by atoms with E-state index >= 15 is 0 Å². The normalized spacial score (nSPS) is 17.1. The molecule has 26 heavy (non-hydrogen) atoms. The Balaban J connectivity index is 1.68. The van der Waals surface area contributed by atoms with E-state index < -0.39 is 0 Å². The van der Waals surface area contributed by atoms with Crippen LogP contribution < -0.4 is 11.0 Å². The van der Waals surface area contributed by atoms with Crippen LogP contribution >= 0.6 is 0 Å². The molecule has 1 N–H and O–H groups in total. The fourth-order valence-corrected chi connectivity index (χ4v) is 3.54. The van der Waals surface area contributed by atoms with E-state index in [1.807, 2.05) is 13.0 Å². The number of nitrogens with one attached hydrogen (secondary N) is 1. The lowest BCUT2D eigenvalue weighted by Crippen LogP contribution is -2.27. The number of fused-ring (bicyclic) bond motifs is 1. The molecule has 0 aliphatic carbocycles. The number of rotatable bonds is 4. The molecule has 0 radical (unpaired) electrons. The Kier molecular flexibility index (Phi) is 4.24. The second-order valence-electron chi connectivity index (χ2n) is 7.02. The number of aromatic nitrogens is 4. The van der Waals surface area contributed by atoms with Crippen molar-refractivity contribution >= 4 is 17.3 Å². The predicted octanol–water partition coefficient (Wildman–Crippen LogP) is 2.74. The van der Waals surface area contributed by atoms with Gasteiger partial charge in [0.2, 0.25) is 0 Å². The summed E-state index contributed by atoms with van der Waals surface area (Å²) in [6, 6.07) is 8.12. The van der Waals surface area contributed by atoms with E-state index in [0.717, 1.165) is 30.8 Å². The molecule has 1 aromatic carbocycles. The smallest absolute Gasteiger partial charge is 0.351 e. The molecule has 2 aromatic heterocycles. The van der Waals surface area contributed by atoms with E-state index in [0.29, 0.717) is 18.1 Å². The Morgan fingerprint density at radius 1 is 1.19 bits per heavy atom. The molecule has 0 unspecified atom stereocenters. The molecule has 1 aliphatic heterocycles. The van der Waals surface area contributed by atoms with Crippen molar-refractivity contribution in [2.24, 2.45) is 0 Å². The maximum absolute atomic E-state index is 12.6. The molecule has 0 spiro atoms. The first kappa shape index (κ1) is 16.8. The van der Waals surface area contributed by atoms with E-state index in [9.17, 15) is 4.79 Å². The van der Waals surface area contributed by atoms with Crippen LogP contribution in [0.3, 0.4) is 0 Å². The molecular weight excluding hydrogens is 330 g/mol. The fourth-order valence-electron chi connectivity index (χ4n) is 3.54. The van der Waals surface area contributed by atoms with Crippen LogP contribution in [0.1, 0.15) is 29.7 Å². The van der Waals surface area contributed by atoms with Crippen LogP contribution in [0.15, 0.2) is 29.1 Å². The molecule has 1 atom stereocenters. The highest BCUT2D eigenvalue weighted by atomic mass is 16.5. The number of hydrogen-bond acceptors (Lipinski definition) is 5. The average molecular weight is 353 g/mol. The molecule has 0 saturated carbocycles. The topological polar surface area (TPSA) is 73.5 Å². The van der Waals surface area contributed by atoms with Gasteiger partial charge >= 0.3 is 5.69 Å². The molecule has 0 bridgehead atoms. The summed E-state index contributed by atoms with van der Waals surface area (Å²) in [6.45, 7) is 7.25. The Labute approximate surface area is 151 Å². The van der Waals surface area contributed by atoms with E-state index in [2.05, 4.69) is 47.4 Å². The first-order chi connectivity index (χ1) is 12.5. The van der Waals surface area contributed by atoms with Gasteiger partial charge in [-0.25, -0.2) is 13.9 Å². The van der Waals surface area contributed by atoms with Gasteiger partial charge in [-0.3, -0.25) is 0 Å². The molecule has 3 heterocycles. The monoisotopic (exact) mass is 353 g/mol. The highest BCUT2D eigenvalue weighted by Crippen LogP contribution is 2.19. The van der Waals surface area contributed by atoms with E-state index in [-0.39, 0.29) is 11.8 Å². The lowest BCUT2D eigenvalue weighted by molar-refractivity contribution is 0.0931. The minimum atomic E-state index is -0.168. The van der Waals surface area contributed by atoms with Crippen molar-refractivity contribution in [1.82, 2.24) is 19.2 Å². The Bertz CT molecular complexity index is 994. The SMILES string of the molecule is Cc1cc(C)cc(Nc2cc(C)n3c(=O)n(C[C@H]4CCCO4)nc3n2)c1. The lowest BCUT2D eigenvalue weighted by atomic mass is 10.1. The summed E-state index contributed by atoms with van der Waals surface area (Å²) in [5.41, 5.74) is 3.97. The maximum Gasteiger partial charge on any atom is 0.351 e. The molecule has 3 aromatic rings. The summed E-state index contributed by atoms with van der Waals surface area (Å²) in [4.78, 5) is 17.2. The number of anilines is 2. The molecule has 0 amide bonds. The van der Waals surface area contributed by atoms with Crippen LogP contribution in [0, 0.1) is 20.8 Å². The molecule has 4 rings (SSSR count). The third kappa shape index (κ3) is 3.22. The summed E-state index contributed by atoms with van der Waals surface area (Å²) >= 11 is 0. The van der Waals surface area contributed by atoms with Crippen LogP contribution in [0.2, 0.25) is 0 Å². The third-order valence-electron chi connectivity index (χ3n) is 4.64. The van der Waals surface area contributed by atoms with Gasteiger partial charge in [-0.15, -0.1) is 5.10 Å². The van der Waals surface area contributed by atoms with Gasteiger partial charge in [0, 0.05) is 24.1 Å². The number of benzene rings is 1. The van der Waals surface area contributed by atoms with Gasteiger partial charge in [0.25, 0.3) is 5.78 Å². The summed E-state index contributed by atoms with van der Waals surface area (Å²) in [6.07, 6.45) is 2.06. The Morgan fingerprint density at radius 2 is 1.96 bits per heavy atom. The second-order valence-corrected chi connectivity index (χ2v) is 7.02. The Hall–Kier alpha value is -2.67. The fraction of sp³-hybridized carbons (Fsp3) is 0.421. The van der Waals surface area contributed by atoms with Crippen LogP contribution in [-0.2, 0) is 11.3 Å². The van der Waals surface area contributed by atoms with Gasteiger partial charge in [-0.05, 0) is 56.9 Å². The third-order valence-corrected chi connectivity index (χ3v) is 4.64. The van der Waals surface area contributed by atoms with Gasteiger partial charge in [0.1, 0.15) is 5.82 Å². The van der Waals surface area contributed by atoms with Crippen molar-refractivity contribution < 1.29 is 4.74 Å². The van der Waals surface area contributed by atoms with Gasteiger partial charge < -0.3 is 10.1 Å². The largest absolute Gasteiger partial charge is 0.376 e. The molecular formula is C19H23N5O2. The van der Waals surface area contributed by atoms with Crippen molar-refractivity contribution in [2.75, 3.05) is 11.9 Å². The predicted molar refractivity (Wildman–Crippen MR) is 100 cm³/mol. The van der Waals surface area contributed by atoms with Crippen molar-refractivity contribution in [3.8, 4) is 0 Å². The molecule has 1 fully saturated rings. The summed E-state index contributed by atoms with van der Waals surface area (Å²) < 4.78 is 8.63. The second kappa shape index (κ2) is 6.57. The highest BCUT2D eigenvalue weighted by Gasteiger charge is 2.19. The first-order valence-electron chi connectivity index (χ1n) is 8.94. The molecule has 1 saturated heterocycles. The number of ether oxygens (including phenoxy) is 1. The maximum atomic E-state index is 12.6. The van der Waals surface area contributed by atoms with Crippen molar-refractivity contribution in [1.29, 1.82) is 0 Å². The molecule has 1 aliphatic rings. The average Bonchev–Trinajstić information content (AvgIpc) is 3.15. The van der Waals surface area contributed by atoms with Gasteiger partial charge in [0.15, 0.2) is 0 Å². The van der Waals surface area contributed by atoms with Crippen molar-refractivity contribution in [2.45, 2.75) is 46.3 Å². The van der Waals surface area contributed by atoms with Crippen LogP contribution in [0.4, 0.5) is 11.5 Å². The molecule has 7 heteroatoms. The van der Waals surface area contributed by atoms with Crippen molar-refractivity contribution in [3.05, 3.63) is 51.6 Å². The summed E-state index contributed by atoms with van der Waals surface area (Å²) in [7, 11) is 0. The molecule has 7 nitrogen and oxygen atoms in total.